The van der Waals surface area contributed by atoms with Crippen LogP contribution in [0, 0.1) is 5.92 Å². The highest BCUT2D eigenvalue weighted by molar-refractivity contribution is 7.17. The van der Waals surface area contributed by atoms with Crippen LogP contribution >= 0.6 is 11.3 Å². The Kier molecular flexibility index (Phi) is 6.93. The molecule has 0 spiro atoms. The fraction of sp³-hybridized carbons (Fsp3) is 0.280. The highest BCUT2D eigenvalue weighted by Gasteiger charge is 2.25. The molecule has 8 nitrogen and oxygen atoms in total. The summed E-state index contributed by atoms with van der Waals surface area (Å²) in [5.41, 5.74) is 4.88. The van der Waals surface area contributed by atoms with E-state index in [1.165, 1.54) is 22.5 Å². The highest BCUT2D eigenvalue weighted by atomic mass is 32.1. The second-order valence-electron chi connectivity index (χ2n) is 8.56. The van der Waals surface area contributed by atoms with Crippen molar-refractivity contribution < 1.29 is 19.5 Å². The Morgan fingerprint density at radius 3 is 2.35 bits per heavy atom. The topological polar surface area (TPSA) is 120 Å². The van der Waals surface area contributed by atoms with Crippen LogP contribution in [-0.4, -0.2) is 34.0 Å². The number of carbonyl (C=O) groups is 3. The van der Waals surface area contributed by atoms with Crippen molar-refractivity contribution in [2.75, 3.05) is 10.6 Å². The predicted molar refractivity (Wildman–Crippen MR) is 132 cm³/mol. The molecule has 1 aliphatic rings. The second kappa shape index (κ2) is 10.0. The monoisotopic (exact) mass is 478 g/mol. The fourth-order valence-corrected chi connectivity index (χ4v) is 4.71. The summed E-state index contributed by atoms with van der Waals surface area (Å²) in [6.07, 6.45) is 4.88. The Morgan fingerprint density at radius 1 is 0.971 bits per heavy atom. The summed E-state index contributed by atoms with van der Waals surface area (Å²) in [4.78, 5) is 41.0. The lowest BCUT2D eigenvalue weighted by Gasteiger charge is -2.16. The molecule has 1 heterocycles. The molecule has 4 rings (SSSR count). The fourth-order valence-electron chi connectivity index (χ4n) is 3.89. The Labute approximate surface area is 201 Å². The molecule has 0 unspecified atom stereocenters. The van der Waals surface area contributed by atoms with Gasteiger partial charge in [0.05, 0.1) is 4.88 Å². The largest absolute Gasteiger partial charge is 0.480 e. The van der Waals surface area contributed by atoms with E-state index in [0.717, 1.165) is 35.4 Å². The Bertz CT molecular complexity index is 1220. The van der Waals surface area contributed by atoms with Crippen molar-refractivity contribution in [2.24, 2.45) is 5.92 Å². The number of aryl methyl sites for hydroxylation is 2. The normalized spacial score (nSPS) is 13.3. The summed E-state index contributed by atoms with van der Waals surface area (Å²) >= 11 is 1.17. The zero-order chi connectivity index (χ0) is 24.2. The standard InChI is InChI=1S/C25H26N4O4S/c1-14(2)21(24(31)32)29-22(30)23-26-13-20(34-23)16-7-9-18(10-8-16)27-25(33)28-19-11-6-15-4-3-5-17(15)12-19/h6-14,21H,3-5H2,1-2H3,(H,29,30)(H,31,32)(H2,27,28,33)/t21-/m0/s1. The molecule has 3 amide bonds. The van der Waals surface area contributed by atoms with Crippen LogP contribution in [0.4, 0.5) is 16.2 Å². The number of anilines is 2. The molecule has 176 valence electrons. The molecule has 1 aliphatic carbocycles. The predicted octanol–water partition coefficient (Wildman–Crippen LogP) is 4.78. The molecule has 0 saturated carbocycles. The lowest BCUT2D eigenvalue weighted by molar-refractivity contribution is -0.140. The van der Waals surface area contributed by atoms with Crippen LogP contribution in [0.2, 0.25) is 0 Å². The first-order valence-electron chi connectivity index (χ1n) is 11.1. The number of carboxylic acids is 1. The van der Waals surface area contributed by atoms with Gasteiger partial charge in [0, 0.05) is 17.6 Å². The number of carbonyl (C=O) groups excluding carboxylic acids is 2. The van der Waals surface area contributed by atoms with E-state index in [-0.39, 0.29) is 17.0 Å². The zero-order valence-corrected chi connectivity index (χ0v) is 19.7. The summed E-state index contributed by atoms with van der Waals surface area (Å²) in [5.74, 6) is -1.84. The van der Waals surface area contributed by atoms with E-state index in [1.54, 1.807) is 32.2 Å². The van der Waals surface area contributed by atoms with E-state index in [2.05, 4.69) is 27.0 Å². The smallest absolute Gasteiger partial charge is 0.326 e. The van der Waals surface area contributed by atoms with Crippen LogP contribution in [0.1, 0.15) is 41.2 Å². The molecule has 0 fully saturated rings. The van der Waals surface area contributed by atoms with E-state index in [0.29, 0.717) is 5.69 Å². The van der Waals surface area contributed by atoms with Gasteiger partial charge in [-0.05, 0) is 66.1 Å². The molecule has 3 aromatic rings. The van der Waals surface area contributed by atoms with E-state index in [4.69, 9.17) is 0 Å². The van der Waals surface area contributed by atoms with Gasteiger partial charge in [-0.2, -0.15) is 0 Å². The van der Waals surface area contributed by atoms with Gasteiger partial charge in [0.25, 0.3) is 5.91 Å². The molecular formula is C25H26N4O4S. The number of nitrogens with zero attached hydrogens (tertiary/aromatic N) is 1. The van der Waals surface area contributed by atoms with Gasteiger partial charge in [-0.25, -0.2) is 14.6 Å². The van der Waals surface area contributed by atoms with Crippen molar-refractivity contribution in [2.45, 2.75) is 39.2 Å². The number of fused-ring (bicyclic) bond motifs is 1. The number of aromatic nitrogens is 1. The number of rotatable bonds is 7. The molecule has 4 N–H and O–H groups in total. The molecule has 0 saturated heterocycles. The molecule has 34 heavy (non-hydrogen) atoms. The zero-order valence-electron chi connectivity index (χ0n) is 18.9. The highest BCUT2D eigenvalue weighted by Crippen LogP contribution is 2.28. The average Bonchev–Trinajstić information content (AvgIpc) is 3.47. The van der Waals surface area contributed by atoms with Crippen molar-refractivity contribution >= 4 is 40.6 Å². The number of aliphatic carboxylic acids is 1. The van der Waals surface area contributed by atoms with Gasteiger partial charge in [-0.1, -0.05) is 32.0 Å². The van der Waals surface area contributed by atoms with Crippen molar-refractivity contribution in [3.8, 4) is 10.4 Å². The first-order valence-corrected chi connectivity index (χ1v) is 11.9. The van der Waals surface area contributed by atoms with Crippen LogP contribution in [-0.2, 0) is 17.6 Å². The Balaban J connectivity index is 1.36. The minimum Gasteiger partial charge on any atom is -0.480 e. The van der Waals surface area contributed by atoms with Gasteiger partial charge >= 0.3 is 12.0 Å². The number of urea groups is 1. The van der Waals surface area contributed by atoms with Gasteiger partial charge in [-0.3, -0.25) is 4.79 Å². The van der Waals surface area contributed by atoms with E-state index in [9.17, 15) is 19.5 Å². The van der Waals surface area contributed by atoms with Crippen molar-refractivity contribution in [3.63, 3.8) is 0 Å². The van der Waals surface area contributed by atoms with Crippen LogP contribution in [0.3, 0.4) is 0 Å². The quantitative estimate of drug-likeness (QED) is 0.389. The molecule has 0 aliphatic heterocycles. The molecule has 0 bridgehead atoms. The minimum atomic E-state index is -1.08. The summed E-state index contributed by atoms with van der Waals surface area (Å²) < 4.78 is 0. The summed E-state index contributed by atoms with van der Waals surface area (Å²) in [7, 11) is 0. The number of nitrogens with one attached hydrogen (secondary N) is 3. The molecule has 2 aromatic carbocycles. The third-order valence-corrected chi connectivity index (χ3v) is 6.75. The molecular weight excluding hydrogens is 452 g/mol. The first kappa shape index (κ1) is 23.4. The third kappa shape index (κ3) is 5.43. The summed E-state index contributed by atoms with van der Waals surface area (Å²) in [5, 5.41) is 17.7. The Hall–Kier alpha value is -3.72. The number of amides is 3. The van der Waals surface area contributed by atoms with Gasteiger partial charge in [0.2, 0.25) is 0 Å². The van der Waals surface area contributed by atoms with E-state index in [1.807, 2.05) is 24.3 Å². The van der Waals surface area contributed by atoms with Crippen LogP contribution in [0.25, 0.3) is 10.4 Å². The average molecular weight is 479 g/mol. The van der Waals surface area contributed by atoms with E-state index >= 15 is 0 Å². The third-order valence-electron chi connectivity index (χ3n) is 5.70. The molecule has 0 radical (unpaired) electrons. The van der Waals surface area contributed by atoms with Crippen LogP contribution in [0.15, 0.2) is 48.7 Å². The number of hydrogen-bond acceptors (Lipinski definition) is 5. The minimum absolute atomic E-state index is 0.192. The lowest BCUT2D eigenvalue weighted by atomic mass is 10.1. The van der Waals surface area contributed by atoms with Crippen molar-refractivity contribution in [3.05, 3.63) is 64.8 Å². The lowest BCUT2D eigenvalue weighted by Crippen LogP contribution is -2.44. The van der Waals surface area contributed by atoms with E-state index < -0.39 is 17.9 Å². The van der Waals surface area contributed by atoms with Gasteiger partial charge in [-0.15, -0.1) is 11.3 Å². The summed E-state index contributed by atoms with van der Waals surface area (Å²) in [6, 6.07) is 11.9. The summed E-state index contributed by atoms with van der Waals surface area (Å²) in [6.45, 7) is 3.46. The number of hydrogen-bond donors (Lipinski definition) is 4. The Morgan fingerprint density at radius 2 is 1.65 bits per heavy atom. The second-order valence-corrected chi connectivity index (χ2v) is 9.59. The maximum Gasteiger partial charge on any atom is 0.326 e. The van der Waals surface area contributed by atoms with Gasteiger partial charge < -0.3 is 21.1 Å². The van der Waals surface area contributed by atoms with Crippen molar-refractivity contribution in [1.82, 2.24) is 10.3 Å². The van der Waals surface area contributed by atoms with Crippen molar-refractivity contribution in [1.29, 1.82) is 0 Å². The maximum atomic E-state index is 12.4. The van der Waals surface area contributed by atoms with Crippen LogP contribution < -0.4 is 16.0 Å². The number of thiazole rings is 1. The van der Waals surface area contributed by atoms with Gasteiger partial charge in [0.1, 0.15) is 6.04 Å². The van der Waals surface area contributed by atoms with Crippen LogP contribution in [0.5, 0.6) is 0 Å². The first-order chi connectivity index (χ1) is 16.3. The maximum absolute atomic E-state index is 12.4. The molecule has 1 atom stereocenters. The number of benzene rings is 2. The molecule has 9 heteroatoms. The SMILES string of the molecule is CC(C)[C@H](NC(=O)c1ncc(-c2ccc(NC(=O)Nc3ccc4c(c3)CCC4)cc2)s1)C(=O)O. The van der Waals surface area contributed by atoms with Gasteiger partial charge in [0.15, 0.2) is 5.01 Å². The number of carboxylic acid groups (broad SMARTS) is 1. The molecule has 1 aromatic heterocycles.